The lowest BCUT2D eigenvalue weighted by atomic mass is 9.98. The standard InChI is InChI=1S/C25H31N3O4/c29-23(12-11-19-7-2-1-3-8-19)26-20-13-16-27(17-14-20)24(30)21-9-4-5-15-28(21)25(31)22-10-6-18-32-22/h1-3,6-8,10,18,20-21H,4-5,9,11-17H2,(H,26,29). The Hall–Kier alpha value is -3.09. The molecule has 2 saturated heterocycles. The highest BCUT2D eigenvalue weighted by Crippen LogP contribution is 2.23. The van der Waals surface area contributed by atoms with Gasteiger partial charge in [0.15, 0.2) is 5.76 Å². The first-order chi connectivity index (χ1) is 15.6. The van der Waals surface area contributed by atoms with Gasteiger partial charge in [-0.15, -0.1) is 0 Å². The molecule has 3 heterocycles. The van der Waals surface area contributed by atoms with E-state index in [9.17, 15) is 14.4 Å². The second-order valence-electron chi connectivity index (χ2n) is 8.64. The lowest BCUT2D eigenvalue weighted by molar-refractivity contribution is -0.138. The molecule has 0 bridgehead atoms. The number of amides is 3. The van der Waals surface area contributed by atoms with Crippen LogP contribution in [0.25, 0.3) is 0 Å². The molecule has 1 aromatic carbocycles. The van der Waals surface area contributed by atoms with E-state index in [1.807, 2.05) is 35.2 Å². The molecule has 2 aliphatic rings. The molecule has 1 unspecified atom stereocenters. The summed E-state index contributed by atoms with van der Waals surface area (Å²) in [6.07, 6.45) is 6.66. The van der Waals surface area contributed by atoms with Gasteiger partial charge in [0.25, 0.3) is 5.91 Å². The maximum absolute atomic E-state index is 13.2. The molecule has 2 fully saturated rings. The summed E-state index contributed by atoms with van der Waals surface area (Å²) in [7, 11) is 0. The molecule has 0 saturated carbocycles. The van der Waals surface area contributed by atoms with Crippen molar-refractivity contribution in [3.8, 4) is 0 Å². The third kappa shape index (κ3) is 5.39. The van der Waals surface area contributed by atoms with E-state index in [1.54, 1.807) is 17.0 Å². The first-order valence-electron chi connectivity index (χ1n) is 11.6. The van der Waals surface area contributed by atoms with Gasteiger partial charge in [-0.1, -0.05) is 30.3 Å². The monoisotopic (exact) mass is 437 g/mol. The van der Waals surface area contributed by atoms with Crippen LogP contribution in [0.15, 0.2) is 53.1 Å². The van der Waals surface area contributed by atoms with Crippen molar-refractivity contribution in [2.24, 2.45) is 0 Å². The fraction of sp³-hybridized carbons (Fsp3) is 0.480. The molecule has 0 spiro atoms. The molecule has 4 rings (SSSR count). The zero-order valence-corrected chi connectivity index (χ0v) is 18.4. The fourth-order valence-corrected chi connectivity index (χ4v) is 4.63. The Balaban J connectivity index is 1.26. The summed E-state index contributed by atoms with van der Waals surface area (Å²) in [6.45, 7) is 1.77. The van der Waals surface area contributed by atoms with Crippen molar-refractivity contribution in [3.05, 3.63) is 60.1 Å². The smallest absolute Gasteiger partial charge is 0.290 e. The van der Waals surface area contributed by atoms with Crippen molar-refractivity contribution in [1.29, 1.82) is 0 Å². The Kier molecular flexibility index (Phi) is 7.24. The Morgan fingerprint density at radius 3 is 2.44 bits per heavy atom. The minimum Gasteiger partial charge on any atom is -0.459 e. The van der Waals surface area contributed by atoms with Gasteiger partial charge in [-0.05, 0) is 56.2 Å². The highest BCUT2D eigenvalue weighted by Gasteiger charge is 2.37. The number of rotatable bonds is 6. The summed E-state index contributed by atoms with van der Waals surface area (Å²) in [5.74, 6) is 0.134. The van der Waals surface area contributed by atoms with Crippen LogP contribution in [0.1, 0.15) is 54.6 Å². The number of likely N-dealkylation sites (tertiary alicyclic amines) is 2. The van der Waals surface area contributed by atoms with E-state index in [2.05, 4.69) is 5.32 Å². The molecular formula is C25H31N3O4. The van der Waals surface area contributed by atoms with Crippen LogP contribution in [0, 0.1) is 0 Å². The second kappa shape index (κ2) is 10.5. The van der Waals surface area contributed by atoms with Crippen molar-refractivity contribution in [1.82, 2.24) is 15.1 Å². The fourth-order valence-electron chi connectivity index (χ4n) is 4.63. The highest BCUT2D eigenvalue weighted by atomic mass is 16.3. The molecule has 3 amide bonds. The van der Waals surface area contributed by atoms with Gasteiger partial charge < -0.3 is 19.5 Å². The molecule has 2 aromatic rings. The topological polar surface area (TPSA) is 82.9 Å². The lowest BCUT2D eigenvalue weighted by Gasteiger charge is -2.39. The van der Waals surface area contributed by atoms with E-state index in [0.717, 1.165) is 37.7 Å². The second-order valence-corrected chi connectivity index (χ2v) is 8.64. The molecular weight excluding hydrogens is 406 g/mol. The van der Waals surface area contributed by atoms with Crippen LogP contribution in [-0.2, 0) is 16.0 Å². The van der Waals surface area contributed by atoms with Crippen molar-refractivity contribution in [3.63, 3.8) is 0 Å². The Labute approximate surface area is 188 Å². The van der Waals surface area contributed by atoms with Gasteiger partial charge in [0.2, 0.25) is 11.8 Å². The van der Waals surface area contributed by atoms with Crippen LogP contribution in [0.3, 0.4) is 0 Å². The van der Waals surface area contributed by atoms with Gasteiger partial charge in [-0.25, -0.2) is 0 Å². The van der Waals surface area contributed by atoms with E-state index in [4.69, 9.17) is 4.42 Å². The third-order valence-electron chi connectivity index (χ3n) is 6.44. The van der Waals surface area contributed by atoms with Crippen LogP contribution in [0.5, 0.6) is 0 Å². The molecule has 0 radical (unpaired) electrons. The van der Waals surface area contributed by atoms with E-state index < -0.39 is 6.04 Å². The van der Waals surface area contributed by atoms with Crippen molar-refractivity contribution in [2.75, 3.05) is 19.6 Å². The number of hydrogen-bond donors (Lipinski definition) is 1. The SMILES string of the molecule is O=C(CCc1ccccc1)NC1CCN(C(=O)C2CCCCN2C(=O)c2ccco2)CC1. The Morgan fingerprint density at radius 1 is 0.938 bits per heavy atom. The maximum Gasteiger partial charge on any atom is 0.290 e. The quantitative estimate of drug-likeness (QED) is 0.753. The molecule has 0 aliphatic carbocycles. The summed E-state index contributed by atoms with van der Waals surface area (Å²) in [4.78, 5) is 41.9. The number of benzene rings is 1. The van der Waals surface area contributed by atoms with Crippen LogP contribution < -0.4 is 5.32 Å². The molecule has 7 heteroatoms. The number of furan rings is 1. The summed E-state index contributed by atoms with van der Waals surface area (Å²) >= 11 is 0. The first kappa shape index (κ1) is 22.1. The number of carbonyl (C=O) groups is 3. The van der Waals surface area contributed by atoms with E-state index >= 15 is 0 Å². The lowest BCUT2D eigenvalue weighted by Crippen LogP contribution is -2.55. The number of aryl methyl sites for hydroxylation is 1. The van der Waals surface area contributed by atoms with Crippen molar-refractivity contribution >= 4 is 17.7 Å². The first-order valence-corrected chi connectivity index (χ1v) is 11.6. The van der Waals surface area contributed by atoms with E-state index in [0.29, 0.717) is 32.5 Å². The number of hydrogen-bond acceptors (Lipinski definition) is 4. The minimum absolute atomic E-state index is 0.0125. The number of nitrogens with one attached hydrogen (secondary N) is 1. The Bertz CT molecular complexity index is 905. The maximum atomic E-state index is 13.2. The number of nitrogens with zero attached hydrogens (tertiary/aromatic N) is 2. The summed E-state index contributed by atoms with van der Waals surface area (Å²) in [5.41, 5.74) is 1.16. The largest absolute Gasteiger partial charge is 0.459 e. The van der Waals surface area contributed by atoms with Gasteiger partial charge in [-0.2, -0.15) is 0 Å². The Morgan fingerprint density at radius 2 is 1.72 bits per heavy atom. The van der Waals surface area contributed by atoms with Crippen molar-refractivity contribution in [2.45, 2.75) is 57.0 Å². The zero-order valence-electron chi connectivity index (χ0n) is 18.4. The molecule has 1 aromatic heterocycles. The molecule has 7 nitrogen and oxygen atoms in total. The third-order valence-corrected chi connectivity index (χ3v) is 6.44. The molecule has 32 heavy (non-hydrogen) atoms. The normalized spacial score (nSPS) is 19.6. The average molecular weight is 438 g/mol. The number of carbonyl (C=O) groups excluding carboxylic acids is 3. The van der Waals surface area contributed by atoms with Crippen LogP contribution in [0.4, 0.5) is 0 Å². The molecule has 2 aliphatic heterocycles. The van der Waals surface area contributed by atoms with Gasteiger partial charge in [-0.3, -0.25) is 14.4 Å². The van der Waals surface area contributed by atoms with Crippen LogP contribution in [0.2, 0.25) is 0 Å². The summed E-state index contributed by atoms with van der Waals surface area (Å²) in [6, 6.07) is 13.0. The van der Waals surface area contributed by atoms with Crippen molar-refractivity contribution < 1.29 is 18.8 Å². The zero-order chi connectivity index (χ0) is 22.3. The number of piperidine rings is 2. The minimum atomic E-state index is -0.432. The van der Waals surface area contributed by atoms with Crippen LogP contribution in [-0.4, -0.2) is 59.2 Å². The van der Waals surface area contributed by atoms with Crippen LogP contribution >= 0.6 is 0 Å². The summed E-state index contributed by atoms with van der Waals surface area (Å²) < 4.78 is 5.26. The van der Waals surface area contributed by atoms with Gasteiger partial charge in [0, 0.05) is 32.1 Å². The van der Waals surface area contributed by atoms with Gasteiger partial charge >= 0.3 is 0 Å². The summed E-state index contributed by atoms with van der Waals surface area (Å²) in [5, 5.41) is 3.12. The highest BCUT2D eigenvalue weighted by molar-refractivity contribution is 5.95. The predicted octanol–water partition coefficient (Wildman–Crippen LogP) is 3.01. The predicted molar refractivity (Wildman–Crippen MR) is 120 cm³/mol. The average Bonchev–Trinajstić information content (AvgIpc) is 3.38. The van der Waals surface area contributed by atoms with Gasteiger partial charge in [0.1, 0.15) is 6.04 Å². The molecule has 170 valence electrons. The van der Waals surface area contributed by atoms with E-state index in [1.165, 1.54) is 6.26 Å². The molecule has 1 N–H and O–H groups in total. The van der Waals surface area contributed by atoms with E-state index in [-0.39, 0.29) is 29.5 Å². The van der Waals surface area contributed by atoms with Gasteiger partial charge in [0.05, 0.1) is 6.26 Å². The molecule has 1 atom stereocenters.